The number of rotatable bonds is 8. The normalized spacial score (nSPS) is 26.0. The molecule has 0 radical (unpaired) electrons. The van der Waals surface area contributed by atoms with Crippen molar-refractivity contribution in [1.29, 1.82) is 0 Å². The summed E-state index contributed by atoms with van der Waals surface area (Å²) in [6.07, 6.45) is 1.12. The maximum Gasteiger partial charge on any atom is 0.451 e. The molecule has 0 saturated carbocycles. The van der Waals surface area contributed by atoms with E-state index >= 15 is 0 Å². The van der Waals surface area contributed by atoms with Crippen LogP contribution in [-0.4, -0.2) is 58.8 Å². The van der Waals surface area contributed by atoms with E-state index in [4.69, 9.17) is 15.8 Å². The van der Waals surface area contributed by atoms with Crippen LogP contribution in [0.1, 0.15) is 26.7 Å². The highest BCUT2D eigenvalue weighted by Gasteiger charge is 2.41. The minimum Gasteiger partial charge on any atom is -0.480 e. The second kappa shape index (κ2) is 8.47. The van der Waals surface area contributed by atoms with Gasteiger partial charge in [-0.2, -0.15) is 0 Å². The van der Waals surface area contributed by atoms with Crippen molar-refractivity contribution in [3.63, 3.8) is 0 Å². The van der Waals surface area contributed by atoms with Crippen LogP contribution < -0.4 is 16.4 Å². The molecule has 0 unspecified atom stereocenters. The summed E-state index contributed by atoms with van der Waals surface area (Å²) < 4.78 is 0. The number of hydrogen-bond donors (Lipinski definition) is 6. The molecule has 8 nitrogen and oxygen atoms in total. The highest BCUT2D eigenvalue weighted by Crippen LogP contribution is 2.23. The molecule has 1 fully saturated rings. The van der Waals surface area contributed by atoms with Gasteiger partial charge in [0.15, 0.2) is 0 Å². The van der Waals surface area contributed by atoms with Crippen LogP contribution in [0.2, 0.25) is 6.32 Å². The van der Waals surface area contributed by atoms with E-state index in [2.05, 4.69) is 10.6 Å². The molecular weight excluding hydrogens is 289 g/mol. The first-order valence-corrected chi connectivity index (χ1v) is 7.62. The van der Waals surface area contributed by atoms with Crippen molar-refractivity contribution in [2.45, 2.75) is 51.1 Å². The molecule has 7 N–H and O–H groups in total. The molecule has 0 bridgehead atoms. The summed E-state index contributed by atoms with van der Waals surface area (Å²) in [6.45, 7) is 4.05. The predicted molar refractivity (Wildman–Crippen MR) is 81.9 cm³/mol. The van der Waals surface area contributed by atoms with E-state index in [1.54, 1.807) is 0 Å². The van der Waals surface area contributed by atoms with Crippen LogP contribution in [0.15, 0.2) is 0 Å². The Bertz CT molecular complexity index is 394. The van der Waals surface area contributed by atoms with Gasteiger partial charge in [-0.1, -0.05) is 20.3 Å². The van der Waals surface area contributed by atoms with E-state index < -0.39 is 25.2 Å². The van der Waals surface area contributed by atoms with Gasteiger partial charge in [-0.05, 0) is 18.7 Å². The van der Waals surface area contributed by atoms with Gasteiger partial charge in [-0.25, -0.2) is 0 Å². The fraction of sp³-hybridized carbons (Fsp3) is 0.846. The minimum atomic E-state index is -1.40. The van der Waals surface area contributed by atoms with E-state index in [9.17, 15) is 14.7 Å². The SMILES string of the molecule is CC(C)[C@@H](N)C(=O)N[C@H]1CN[C@H](C(=O)O)[C@@H]1CCCB(O)O. The summed E-state index contributed by atoms with van der Waals surface area (Å²) in [6, 6.07) is -1.71. The third-order valence-electron chi connectivity index (χ3n) is 4.12. The number of nitrogens with two attached hydrogens (primary N) is 1. The number of carboxylic acid groups (broad SMARTS) is 1. The lowest BCUT2D eigenvalue weighted by Crippen LogP contribution is -2.50. The van der Waals surface area contributed by atoms with Gasteiger partial charge in [0.1, 0.15) is 6.04 Å². The number of carbonyl (C=O) groups excluding carboxylic acids is 1. The monoisotopic (exact) mass is 315 g/mol. The molecule has 1 heterocycles. The molecule has 1 aliphatic heterocycles. The smallest absolute Gasteiger partial charge is 0.451 e. The molecule has 4 atom stereocenters. The molecule has 126 valence electrons. The molecule has 1 aliphatic rings. The van der Waals surface area contributed by atoms with Gasteiger partial charge >= 0.3 is 13.1 Å². The Hall–Kier alpha value is -1.16. The molecule has 0 aromatic carbocycles. The highest BCUT2D eigenvalue weighted by atomic mass is 16.4. The Morgan fingerprint density at radius 2 is 2.05 bits per heavy atom. The zero-order chi connectivity index (χ0) is 16.9. The van der Waals surface area contributed by atoms with E-state index in [-0.39, 0.29) is 30.1 Å². The van der Waals surface area contributed by atoms with Crippen molar-refractivity contribution in [2.75, 3.05) is 6.54 Å². The average molecular weight is 315 g/mol. The zero-order valence-corrected chi connectivity index (χ0v) is 13.0. The molecule has 1 saturated heterocycles. The second-order valence-electron chi connectivity index (χ2n) is 6.18. The van der Waals surface area contributed by atoms with Crippen molar-refractivity contribution in [2.24, 2.45) is 17.6 Å². The molecule has 1 amide bonds. The van der Waals surface area contributed by atoms with Crippen LogP contribution in [0, 0.1) is 11.8 Å². The molecule has 1 rings (SSSR count). The van der Waals surface area contributed by atoms with Crippen molar-refractivity contribution in [3.8, 4) is 0 Å². The van der Waals surface area contributed by atoms with Gasteiger partial charge in [-0.3, -0.25) is 9.59 Å². The number of nitrogens with one attached hydrogen (secondary N) is 2. The molecule has 9 heteroatoms. The lowest BCUT2D eigenvalue weighted by atomic mass is 9.80. The molecular formula is C13H26BN3O5. The van der Waals surface area contributed by atoms with Crippen molar-refractivity contribution >= 4 is 19.0 Å². The predicted octanol–water partition coefficient (Wildman–Crippen LogP) is -1.62. The Balaban J connectivity index is 2.66. The summed E-state index contributed by atoms with van der Waals surface area (Å²) in [5.41, 5.74) is 5.80. The number of amides is 1. The van der Waals surface area contributed by atoms with Crippen LogP contribution in [-0.2, 0) is 9.59 Å². The molecule has 0 aromatic rings. The van der Waals surface area contributed by atoms with E-state index in [1.165, 1.54) is 0 Å². The lowest BCUT2D eigenvalue weighted by Gasteiger charge is -2.25. The third-order valence-corrected chi connectivity index (χ3v) is 4.12. The molecule has 22 heavy (non-hydrogen) atoms. The van der Waals surface area contributed by atoms with Gasteiger partial charge in [0.05, 0.1) is 6.04 Å². The number of aliphatic carboxylic acids is 1. The first kappa shape index (κ1) is 18.9. The molecule has 0 spiro atoms. The fourth-order valence-electron chi connectivity index (χ4n) is 2.70. The van der Waals surface area contributed by atoms with Gasteiger partial charge < -0.3 is 31.5 Å². The van der Waals surface area contributed by atoms with E-state index in [0.717, 1.165) is 0 Å². The summed E-state index contributed by atoms with van der Waals surface area (Å²) >= 11 is 0. The Morgan fingerprint density at radius 1 is 1.41 bits per heavy atom. The van der Waals surface area contributed by atoms with E-state index in [1.807, 2.05) is 13.8 Å². The maximum atomic E-state index is 12.1. The minimum absolute atomic E-state index is 0.00683. The Labute approximate surface area is 130 Å². The van der Waals surface area contributed by atoms with E-state index in [0.29, 0.717) is 19.4 Å². The van der Waals surface area contributed by atoms with Gasteiger partial charge in [0.2, 0.25) is 5.91 Å². The number of carbonyl (C=O) groups is 2. The van der Waals surface area contributed by atoms with Gasteiger partial charge in [-0.15, -0.1) is 0 Å². The maximum absolute atomic E-state index is 12.1. The summed E-state index contributed by atoms with van der Waals surface area (Å²) in [5.74, 6) is -1.58. The van der Waals surface area contributed by atoms with Gasteiger partial charge in [0, 0.05) is 18.5 Å². The Kier molecular flexibility index (Phi) is 7.27. The fourth-order valence-corrected chi connectivity index (χ4v) is 2.70. The standard InChI is InChI=1S/C13H26BN3O5/c1-7(2)10(15)12(18)17-9-6-16-11(13(19)20)8(9)4-3-5-14(21)22/h7-11,16,21-22H,3-6,15H2,1-2H3,(H,17,18)(H,19,20)/t8-,9+,10-,11+/m1/s1. The van der Waals surface area contributed by atoms with Crippen LogP contribution >= 0.6 is 0 Å². The third kappa shape index (κ3) is 5.24. The zero-order valence-electron chi connectivity index (χ0n) is 13.0. The highest BCUT2D eigenvalue weighted by molar-refractivity contribution is 6.40. The summed E-state index contributed by atoms with van der Waals surface area (Å²) in [4.78, 5) is 23.3. The number of hydrogen-bond acceptors (Lipinski definition) is 6. The first-order valence-electron chi connectivity index (χ1n) is 7.62. The molecule has 0 aromatic heterocycles. The topological polar surface area (TPSA) is 145 Å². The van der Waals surface area contributed by atoms with Crippen LogP contribution in [0.5, 0.6) is 0 Å². The average Bonchev–Trinajstić information content (AvgIpc) is 2.80. The van der Waals surface area contributed by atoms with Crippen LogP contribution in [0.3, 0.4) is 0 Å². The lowest BCUT2D eigenvalue weighted by molar-refractivity contribution is -0.140. The van der Waals surface area contributed by atoms with Crippen LogP contribution in [0.25, 0.3) is 0 Å². The largest absolute Gasteiger partial charge is 0.480 e. The second-order valence-corrected chi connectivity index (χ2v) is 6.18. The quantitative estimate of drug-likeness (QED) is 0.295. The first-order chi connectivity index (χ1) is 10.2. The van der Waals surface area contributed by atoms with Gasteiger partial charge in [0.25, 0.3) is 0 Å². The Morgan fingerprint density at radius 3 is 2.55 bits per heavy atom. The van der Waals surface area contributed by atoms with Crippen molar-refractivity contribution < 1.29 is 24.7 Å². The number of carboxylic acids is 1. The summed E-state index contributed by atoms with van der Waals surface area (Å²) in [5, 5.41) is 32.7. The summed E-state index contributed by atoms with van der Waals surface area (Å²) in [7, 11) is -1.40. The van der Waals surface area contributed by atoms with Crippen molar-refractivity contribution in [3.05, 3.63) is 0 Å². The van der Waals surface area contributed by atoms with Crippen molar-refractivity contribution in [1.82, 2.24) is 10.6 Å². The van der Waals surface area contributed by atoms with Crippen LogP contribution in [0.4, 0.5) is 0 Å². The molecule has 0 aliphatic carbocycles.